The fraction of sp³-hybridized carbons (Fsp3) is 0.412. The first-order valence-electron chi connectivity index (χ1n) is 7.44. The smallest absolute Gasteiger partial charge is 0.328 e. The number of ether oxygens (including phenoxy) is 1. The van der Waals surface area contributed by atoms with Crippen LogP contribution in [0.2, 0.25) is 5.02 Å². The number of nitrogens with one attached hydrogen (secondary N) is 1. The number of amides is 1. The van der Waals surface area contributed by atoms with E-state index in [1.54, 1.807) is 6.07 Å². The molecule has 23 heavy (non-hydrogen) atoms. The van der Waals surface area contributed by atoms with E-state index in [1.807, 2.05) is 18.2 Å². The quantitative estimate of drug-likeness (QED) is 0.536. The van der Waals surface area contributed by atoms with Gasteiger partial charge in [0.15, 0.2) is 6.04 Å². The Morgan fingerprint density at radius 3 is 2.70 bits per heavy atom. The Hall–Kier alpha value is -1.85. The molecule has 0 bridgehead atoms. The molecule has 5 nitrogen and oxygen atoms in total. The molecule has 1 fully saturated rings. The van der Waals surface area contributed by atoms with E-state index >= 15 is 0 Å². The molecule has 1 amide bonds. The molecule has 1 saturated carbocycles. The van der Waals surface area contributed by atoms with Gasteiger partial charge in [0.25, 0.3) is 0 Å². The van der Waals surface area contributed by atoms with Crippen LogP contribution in [0.4, 0.5) is 0 Å². The number of halogens is 1. The summed E-state index contributed by atoms with van der Waals surface area (Å²) in [7, 11) is 0. The Kier molecular flexibility index (Phi) is 5.80. The molecular formula is C17H20ClNO4. The van der Waals surface area contributed by atoms with Crippen LogP contribution in [0.1, 0.15) is 18.4 Å². The van der Waals surface area contributed by atoms with Gasteiger partial charge in [-0.1, -0.05) is 35.9 Å². The van der Waals surface area contributed by atoms with Crippen LogP contribution in [0.15, 0.2) is 36.9 Å². The number of rotatable bonds is 9. The second-order valence-electron chi connectivity index (χ2n) is 5.74. The summed E-state index contributed by atoms with van der Waals surface area (Å²) < 4.78 is 5.14. The van der Waals surface area contributed by atoms with Crippen LogP contribution in [0, 0.1) is 5.41 Å². The first kappa shape index (κ1) is 17.5. The predicted octanol–water partition coefficient (Wildman–Crippen LogP) is 2.43. The zero-order valence-electron chi connectivity index (χ0n) is 12.8. The number of carboxylic acid groups (broad SMARTS) is 1. The molecule has 1 unspecified atom stereocenters. The topological polar surface area (TPSA) is 75.6 Å². The molecule has 1 atom stereocenters. The lowest BCUT2D eigenvalue weighted by atomic mass is 9.95. The van der Waals surface area contributed by atoms with Crippen LogP contribution >= 0.6 is 11.6 Å². The van der Waals surface area contributed by atoms with Gasteiger partial charge in [-0.15, -0.1) is 6.58 Å². The van der Waals surface area contributed by atoms with Gasteiger partial charge >= 0.3 is 5.97 Å². The minimum Gasteiger partial charge on any atom is -0.480 e. The Bertz CT molecular complexity index is 598. The predicted molar refractivity (Wildman–Crippen MR) is 87.4 cm³/mol. The van der Waals surface area contributed by atoms with Crippen molar-refractivity contribution < 1.29 is 19.4 Å². The highest BCUT2D eigenvalue weighted by atomic mass is 35.5. The van der Waals surface area contributed by atoms with E-state index in [-0.39, 0.29) is 19.1 Å². The fourth-order valence-corrected chi connectivity index (χ4v) is 2.60. The van der Waals surface area contributed by atoms with Crippen LogP contribution in [-0.2, 0) is 20.7 Å². The molecule has 0 saturated heterocycles. The number of hydrogen-bond donors (Lipinski definition) is 2. The zero-order valence-corrected chi connectivity index (χ0v) is 13.5. The number of aliphatic carboxylic acids is 1. The van der Waals surface area contributed by atoms with Gasteiger partial charge in [-0.05, 0) is 30.9 Å². The second kappa shape index (κ2) is 7.62. The van der Waals surface area contributed by atoms with Crippen molar-refractivity contribution in [1.82, 2.24) is 5.32 Å². The maximum absolute atomic E-state index is 12.5. The highest BCUT2D eigenvalue weighted by molar-refractivity contribution is 6.31. The van der Waals surface area contributed by atoms with Gasteiger partial charge in [0, 0.05) is 5.02 Å². The second-order valence-corrected chi connectivity index (χ2v) is 6.15. The van der Waals surface area contributed by atoms with Crippen molar-refractivity contribution >= 4 is 23.5 Å². The Morgan fingerprint density at radius 1 is 1.43 bits per heavy atom. The Balaban J connectivity index is 1.99. The van der Waals surface area contributed by atoms with E-state index < -0.39 is 17.4 Å². The molecular weight excluding hydrogens is 318 g/mol. The van der Waals surface area contributed by atoms with Gasteiger partial charge in [-0.25, -0.2) is 4.79 Å². The number of carbonyl (C=O) groups excluding carboxylic acids is 1. The van der Waals surface area contributed by atoms with E-state index in [1.165, 1.54) is 6.08 Å². The van der Waals surface area contributed by atoms with Crippen LogP contribution < -0.4 is 5.32 Å². The van der Waals surface area contributed by atoms with Gasteiger partial charge in [0.1, 0.15) is 0 Å². The Morgan fingerprint density at radius 2 is 2.13 bits per heavy atom. The molecule has 0 aromatic heterocycles. The standard InChI is InChI=1S/C17H20ClNO4/c1-2-9-23-11-14(15(20)21)19-16(22)17(7-8-17)10-12-5-3-4-6-13(12)18/h2-6,14H,1,7-11H2,(H,19,22)(H,20,21). The summed E-state index contributed by atoms with van der Waals surface area (Å²) in [6, 6.07) is 6.32. The van der Waals surface area contributed by atoms with E-state index in [2.05, 4.69) is 11.9 Å². The lowest BCUT2D eigenvalue weighted by Gasteiger charge is -2.20. The van der Waals surface area contributed by atoms with Gasteiger partial charge in [-0.3, -0.25) is 4.79 Å². The number of benzene rings is 1. The van der Waals surface area contributed by atoms with Gasteiger partial charge < -0.3 is 15.2 Å². The molecule has 1 aromatic rings. The van der Waals surface area contributed by atoms with E-state index in [9.17, 15) is 14.7 Å². The molecule has 2 rings (SSSR count). The van der Waals surface area contributed by atoms with Crippen molar-refractivity contribution in [3.05, 3.63) is 47.5 Å². The van der Waals surface area contributed by atoms with Crippen molar-refractivity contribution in [2.75, 3.05) is 13.2 Å². The van der Waals surface area contributed by atoms with Crippen LogP contribution in [0.3, 0.4) is 0 Å². The average Bonchev–Trinajstić information content (AvgIpc) is 3.29. The SMILES string of the molecule is C=CCOCC(NC(=O)C1(Cc2ccccc2Cl)CC1)C(=O)O. The molecule has 0 aliphatic heterocycles. The monoisotopic (exact) mass is 337 g/mol. The number of hydrogen-bond acceptors (Lipinski definition) is 3. The van der Waals surface area contributed by atoms with Crippen LogP contribution in [0.25, 0.3) is 0 Å². The fourth-order valence-electron chi connectivity index (χ4n) is 2.40. The highest BCUT2D eigenvalue weighted by Crippen LogP contribution is 2.49. The summed E-state index contributed by atoms with van der Waals surface area (Å²) in [5, 5.41) is 12.4. The van der Waals surface area contributed by atoms with Crippen molar-refractivity contribution in [3.8, 4) is 0 Å². The third-order valence-electron chi connectivity index (χ3n) is 3.95. The van der Waals surface area contributed by atoms with E-state index in [0.29, 0.717) is 11.4 Å². The summed E-state index contributed by atoms with van der Waals surface area (Å²) in [4.78, 5) is 23.7. The highest BCUT2D eigenvalue weighted by Gasteiger charge is 2.50. The molecule has 0 radical (unpaired) electrons. The van der Waals surface area contributed by atoms with Crippen LogP contribution in [0.5, 0.6) is 0 Å². The molecule has 0 spiro atoms. The third-order valence-corrected chi connectivity index (χ3v) is 4.31. The summed E-state index contributed by atoms with van der Waals surface area (Å²) >= 11 is 6.15. The molecule has 124 valence electrons. The summed E-state index contributed by atoms with van der Waals surface area (Å²) in [6.07, 6.45) is 3.49. The van der Waals surface area contributed by atoms with Crippen molar-refractivity contribution in [2.45, 2.75) is 25.3 Å². The van der Waals surface area contributed by atoms with E-state index in [0.717, 1.165) is 18.4 Å². The van der Waals surface area contributed by atoms with Crippen LogP contribution in [-0.4, -0.2) is 36.2 Å². The summed E-state index contributed by atoms with van der Waals surface area (Å²) in [5.74, 6) is -1.37. The minimum atomic E-state index is -1.11. The lowest BCUT2D eigenvalue weighted by molar-refractivity contribution is -0.144. The van der Waals surface area contributed by atoms with E-state index in [4.69, 9.17) is 16.3 Å². The molecule has 1 aromatic carbocycles. The molecule has 1 aliphatic carbocycles. The molecule has 2 N–H and O–H groups in total. The summed E-state index contributed by atoms with van der Waals surface area (Å²) in [6.45, 7) is 3.65. The minimum absolute atomic E-state index is 0.0880. The lowest BCUT2D eigenvalue weighted by Crippen LogP contribution is -2.47. The maximum atomic E-state index is 12.5. The number of carboxylic acids is 1. The van der Waals surface area contributed by atoms with Crippen molar-refractivity contribution in [2.24, 2.45) is 5.41 Å². The zero-order chi connectivity index (χ0) is 16.9. The largest absolute Gasteiger partial charge is 0.480 e. The van der Waals surface area contributed by atoms with Gasteiger partial charge in [0.05, 0.1) is 18.6 Å². The van der Waals surface area contributed by atoms with Crippen molar-refractivity contribution in [3.63, 3.8) is 0 Å². The maximum Gasteiger partial charge on any atom is 0.328 e. The molecule has 0 heterocycles. The van der Waals surface area contributed by atoms with Gasteiger partial charge in [-0.2, -0.15) is 0 Å². The molecule has 6 heteroatoms. The average molecular weight is 338 g/mol. The molecule has 1 aliphatic rings. The van der Waals surface area contributed by atoms with Gasteiger partial charge in [0.2, 0.25) is 5.91 Å². The first-order valence-corrected chi connectivity index (χ1v) is 7.82. The Labute approximate surface area is 140 Å². The third kappa shape index (κ3) is 4.56. The first-order chi connectivity index (χ1) is 11.0. The van der Waals surface area contributed by atoms with Crippen molar-refractivity contribution in [1.29, 1.82) is 0 Å². The number of carbonyl (C=O) groups is 2. The normalized spacial score (nSPS) is 16.4. The summed E-state index contributed by atoms with van der Waals surface area (Å²) in [5.41, 5.74) is 0.341.